The number of aromatic nitrogens is 1. The van der Waals surface area contributed by atoms with Crippen molar-refractivity contribution in [2.45, 2.75) is 0 Å². The van der Waals surface area contributed by atoms with Crippen molar-refractivity contribution in [2.24, 2.45) is 0 Å². The lowest BCUT2D eigenvalue weighted by atomic mass is 10.1. The van der Waals surface area contributed by atoms with E-state index in [1.807, 2.05) is 0 Å². The molecule has 1 aromatic carbocycles. The summed E-state index contributed by atoms with van der Waals surface area (Å²) in [7, 11) is 0. The summed E-state index contributed by atoms with van der Waals surface area (Å²) in [5.41, 5.74) is 5.32. The van der Waals surface area contributed by atoms with Crippen molar-refractivity contribution in [1.82, 2.24) is 4.98 Å². The molecule has 0 spiro atoms. The van der Waals surface area contributed by atoms with Crippen LogP contribution in [0.2, 0.25) is 0 Å². The van der Waals surface area contributed by atoms with E-state index < -0.39 is 11.6 Å². The van der Waals surface area contributed by atoms with Gasteiger partial charge < -0.3 is 5.73 Å². The van der Waals surface area contributed by atoms with Gasteiger partial charge in [0, 0.05) is 6.20 Å². The zero-order chi connectivity index (χ0) is 11.0. The van der Waals surface area contributed by atoms with Gasteiger partial charge in [-0.05, 0) is 12.1 Å². The lowest BCUT2D eigenvalue weighted by Gasteiger charge is -2.04. The molecule has 2 N–H and O–H groups in total. The Morgan fingerprint density at radius 1 is 1.27 bits per heavy atom. The van der Waals surface area contributed by atoms with Crippen LogP contribution >= 0.6 is 0 Å². The Bertz CT molecular complexity index is 587. The molecule has 0 saturated carbocycles. The van der Waals surface area contributed by atoms with E-state index in [9.17, 15) is 8.78 Å². The highest BCUT2D eigenvalue weighted by molar-refractivity contribution is 5.93. The third-order valence-electron chi connectivity index (χ3n) is 2.08. The number of nitrogens with two attached hydrogens (primary N) is 1. The summed E-state index contributed by atoms with van der Waals surface area (Å²) in [4.78, 5) is 3.66. The van der Waals surface area contributed by atoms with Gasteiger partial charge in [0.1, 0.15) is 23.2 Å². The molecule has 0 aliphatic heterocycles. The SMILES string of the molecule is N#Cc1cnc2c(F)ccc(F)c2c1N. The molecule has 0 aliphatic rings. The summed E-state index contributed by atoms with van der Waals surface area (Å²) < 4.78 is 26.6. The minimum absolute atomic E-state index is 0.0343. The fourth-order valence-electron chi connectivity index (χ4n) is 1.35. The topological polar surface area (TPSA) is 62.7 Å². The number of halogens is 2. The van der Waals surface area contributed by atoms with Crippen LogP contribution in [0.1, 0.15) is 5.56 Å². The summed E-state index contributed by atoms with van der Waals surface area (Å²) in [5.74, 6) is -1.35. The van der Waals surface area contributed by atoms with E-state index in [0.717, 1.165) is 18.3 Å². The second kappa shape index (κ2) is 3.17. The van der Waals surface area contributed by atoms with Gasteiger partial charge in [-0.15, -0.1) is 0 Å². The Hall–Kier alpha value is -2.22. The lowest BCUT2D eigenvalue weighted by molar-refractivity contribution is 0.615. The maximum atomic E-state index is 13.3. The van der Waals surface area contributed by atoms with Crippen molar-refractivity contribution < 1.29 is 8.78 Å². The summed E-state index contributed by atoms with van der Waals surface area (Å²) >= 11 is 0. The highest BCUT2D eigenvalue weighted by atomic mass is 19.1. The smallest absolute Gasteiger partial charge is 0.149 e. The molecule has 15 heavy (non-hydrogen) atoms. The van der Waals surface area contributed by atoms with Crippen molar-refractivity contribution in [2.75, 3.05) is 5.73 Å². The summed E-state index contributed by atoms with van der Waals surface area (Å²) in [5, 5.41) is 8.51. The molecule has 3 nitrogen and oxygen atoms in total. The molecule has 0 saturated heterocycles. The van der Waals surface area contributed by atoms with E-state index in [-0.39, 0.29) is 22.2 Å². The molecule has 2 rings (SSSR count). The third kappa shape index (κ3) is 1.27. The molecule has 0 bridgehead atoms. The van der Waals surface area contributed by atoms with Crippen LogP contribution in [-0.2, 0) is 0 Å². The first-order chi connectivity index (χ1) is 7.15. The zero-order valence-corrected chi connectivity index (χ0v) is 7.46. The van der Waals surface area contributed by atoms with Crippen molar-refractivity contribution in [3.8, 4) is 6.07 Å². The van der Waals surface area contributed by atoms with Gasteiger partial charge in [-0.25, -0.2) is 8.78 Å². The second-order valence-electron chi connectivity index (χ2n) is 2.95. The molecular formula is C10H5F2N3. The van der Waals surface area contributed by atoms with Crippen molar-refractivity contribution >= 4 is 16.6 Å². The van der Waals surface area contributed by atoms with Crippen LogP contribution in [0.3, 0.4) is 0 Å². The van der Waals surface area contributed by atoms with E-state index in [1.165, 1.54) is 0 Å². The maximum absolute atomic E-state index is 13.3. The molecule has 0 radical (unpaired) electrons. The highest BCUT2D eigenvalue weighted by Crippen LogP contribution is 2.26. The van der Waals surface area contributed by atoms with Gasteiger partial charge in [-0.3, -0.25) is 4.98 Å². The molecule has 0 unspecified atom stereocenters. The molecule has 74 valence electrons. The van der Waals surface area contributed by atoms with Crippen LogP contribution in [0.25, 0.3) is 10.9 Å². The predicted octanol–water partition coefficient (Wildman–Crippen LogP) is 1.97. The van der Waals surface area contributed by atoms with Gasteiger partial charge in [0.05, 0.1) is 16.6 Å². The molecule has 1 heterocycles. The van der Waals surface area contributed by atoms with Crippen LogP contribution < -0.4 is 5.73 Å². The van der Waals surface area contributed by atoms with E-state index in [1.54, 1.807) is 6.07 Å². The van der Waals surface area contributed by atoms with E-state index >= 15 is 0 Å². The van der Waals surface area contributed by atoms with Gasteiger partial charge in [-0.1, -0.05) is 0 Å². The summed E-state index contributed by atoms with van der Waals surface area (Å²) in [6.45, 7) is 0. The monoisotopic (exact) mass is 205 g/mol. The van der Waals surface area contributed by atoms with Crippen LogP contribution in [0.15, 0.2) is 18.3 Å². The van der Waals surface area contributed by atoms with E-state index in [0.29, 0.717) is 0 Å². The largest absolute Gasteiger partial charge is 0.397 e. The molecule has 5 heteroatoms. The Morgan fingerprint density at radius 3 is 2.60 bits per heavy atom. The van der Waals surface area contributed by atoms with Crippen LogP contribution in [0.4, 0.5) is 14.5 Å². The first-order valence-electron chi connectivity index (χ1n) is 4.07. The quantitative estimate of drug-likeness (QED) is 0.715. The fourth-order valence-corrected chi connectivity index (χ4v) is 1.35. The first-order valence-corrected chi connectivity index (χ1v) is 4.07. The average Bonchev–Trinajstić information content (AvgIpc) is 2.23. The summed E-state index contributed by atoms with van der Waals surface area (Å²) in [6, 6.07) is 3.68. The van der Waals surface area contributed by atoms with Crippen LogP contribution in [0.5, 0.6) is 0 Å². The number of rotatable bonds is 0. The predicted molar refractivity (Wildman–Crippen MR) is 50.8 cm³/mol. The van der Waals surface area contributed by atoms with Crippen molar-refractivity contribution in [1.29, 1.82) is 5.26 Å². The number of nitrogen functional groups attached to an aromatic ring is 1. The molecular weight excluding hydrogens is 200 g/mol. The maximum Gasteiger partial charge on any atom is 0.149 e. The molecule has 0 fully saturated rings. The Morgan fingerprint density at radius 2 is 1.93 bits per heavy atom. The van der Waals surface area contributed by atoms with Crippen molar-refractivity contribution in [3.05, 3.63) is 35.5 Å². The van der Waals surface area contributed by atoms with Crippen molar-refractivity contribution in [3.63, 3.8) is 0 Å². The average molecular weight is 205 g/mol. The normalized spacial score (nSPS) is 10.2. The number of nitriles is 1. The van der Waals surface area contributed by atoms with Gasteiger partial charge in [0.15, 0.2) is 0 Å². The van der Waals surface area contributed by atoms with E-state index in [4.69, 9.17) is 11.0 Å². The number of benzene rings is 1. The minimum Gasteiger partial charge on any atom is -0.397 e. The molecule has 0 aliphatic carbocycles. The van der Waals surface area contributed by atoms with Gasteiger partial charge in [-0.2, -0.15) is 5.26 Å². The highest BCUT2D eigenvalue weighted by Gasteiger charge is 2.12. The number of hydrogen-bond acceptors (Lipinski definition) is 3. The lowest BCUT2D eigenvalue weighted by Crippen LogP contribution is -1.98. The fraction of sp³-hybridized carbons (Fsp3) is 0. The number of pyridine rings is 1. The standard InChI is InChI=1S/C10H5F2N3/c11-6-1-2-7(12)10-8(6)9(14)5(3-13)4-15-10/h1-2,4H,(H2,14,15). The number of nitrogens with zero attached hydrogens (tertiary/aromatic N) is 2. The third-order valence-corrected chi connectivity index (χ3v) is 2.08. The molecule has 0 amide bonds. The number of anilines is 1. The number of fused-ring (bicyclic) bond motifs is 1. The number of hydrogen-bond donors (Lipinski definition) is 1. The van der Waals surface area contributed by atoms with Crippen LogP contribution in [-0.4, -0.2) is 4.98 Å². The van der Waals surface area contributed by atoms with Gasteiger partial charge in [0.2, 0.25) is 0 Å². The zero-order valence-electron chi connectivity index (χ0n) is 7.46. The second-order valence-corrected chi connectivity index (χ2v) is 2.95. The Kier molecular flexibility index (Phi) is 1.97. The first kappa shape index (κ1) is 9.34. The molecule has 1 aromatic heterocycles. The molecule has 0 atom stereocenters. The Labute approximate surface area is 83.8 Å². The Balaban J connectivity index is 3.00. The van der Waals surface area contributed by atoms with E-state index in [2.05, 4.69) is 4.98 Å². The van der Waals surface area contributed by atoms with Gasteiger partial charge >= 0.3 is 0 Å². The summed E-state index contributed by atoms with van der Waals surface area (Å²) in [6.07, 6.45) is 1.13. The van der Waals surface area contributed by atoms with Gasteiger partial charge in [0.25, 0.3) is 0 Å². The molecule has 2 aromatic rings. The minimum atomic E-state index is -0.687. The van der Waals surface area contributed by atoms with Crippen LogP contribution in [0, 0.1) is 23.0 Å².